The minimum atomic E-state index is 0. The number of rotatable bonds is 5. The minimum Gasteiger partial charge on any atom is -0.356 e. The van der Waals surface area contributed by atoms with E-state index in [4.69, 9.17) is 11.6 Å². The van der Waals surface area contributed by atoms with Gasteiger partial charge in [-0.05, 0) is 32.1 Å². The molecule has 1 unspecified atom stereocenters. The number of piperazine rings is 1. The molecule has 1 fully saturated rings. The molecule has 136 valence electrons. The van der Waals surface area contributed by atoms with Gasteiger partial charge in [0.1, 0.15) is 5.15 Å². The zero-order valence-corrected chi connectivity index (χ0v) is 17.7. The second-order valence-corrected chi connectivity index (χ2v) is 6.40. The van der Waals surface area contributed by atoms with Gasteiger partial charge in [0.05, 0.1) is 0 Å². The van der Waals surface area contributed by atoms with Crippen molar-refractivity contribution in [2.45, 2.75) is 12.5 Å². The maximum absolute atomic E-state index is 5.79. The van der Waals surface area contributed by atoms with Crippen LogP contribution >= 0.6 is 35.6 Å². The number of aliphatic imine (C=N–C) groups is 1. The first-order chi connectivity index (χ1) is 11.1. The van der Waals surface area contributed by atoms with Gasteiger partial charge in [0.15, 0.2) is 5.96 Å². The van der Waals surface area contributed by atoms with E-state index < -0.39 is 0 Å². The molecule has 1 aliphatic heterocycles. The van der Waals surface area contributed by atoms with E-state index in [1.54, 1.807) is 7.05 Å². The Hall–Kier alpha value is -0.640. The van der Waals surface area contributed by atoms with Crippen LogP contribution in [0.15, 0.2) is 23.3 Å². The van der Waals surface area contributed by atoms with Crippen LogP contribution in [0.25, 0.3) is 0 Å². The van der Waals surface area contributed by atoms with Gasteiger partial charge in [-0.25, -0.2) is 4.98 Å². The van der Waals surface area contributed by atoms with Crippen molar-refractivity contribution in [1.29, 1.82) is 0 Å². The highest BCUT2D eigenvalue weighted by molar-refractivity contribution is 14.0. The standard InChI is InChI=1S/C16H27ClN6.HI/c1-18-16(19-7-6-13-4-5-15(17)20-10-13)21-11-14-12-22(2)8-9-23(14)3;/h4-5,10,14H,6-9,11-12H2,1-3H3,(H2,18,19,21);1H. The third-order valence-electron chi connectivity index (χ3n) is 4.20. The fourth-order valence-corrected chi connectivity index (χ4v) is 2.75. The number of halogens is 2. The van der Waals surface area contributed by atoms with Crippen LogP contribution in [-0.2, 0) is 6.42 Å². The van der Waals surface area contributed by atoms with Gasteiger partial charge in [-0.1, -0.05) is 17.7 Å². The molecule has 0 saturated carbocycles. The largest absolute Gasteiger partial charge is 0.356 e. The van der Waals surface area contributed by atoms with E-state index in [1.807, 2.05) is 18.3 Å². The zero-order valence-electron chi connectivity index (χ0n) is 14.6. The summed E-state index contributed by atoms with van der Waals surface area (Å²) in [5.74, 6) is 0.841. The molecule has 2 heterocycles. The van der Waals surface area contributed by atoms with Crippen LogP contribution in [0.4, 0.5) is 0 Å². The first-order valence-corrected chi connectivity index (χ1v) is 8.40. The van der Waals surface area contributed by atoms with Crippen LogP contribution in [0, 0.1) is 0 Å². The van der Waals surface area contributed by atoms with Gasteiger partial charge < -0.3 is 15.5 Å². The van der Waals surface area contributed by atoms with Crippen LogP contribution < -0.4 is 10.6 Å². The third-order valence-corrected chi connectivity index (χ3v) is 4.43. The maximum Gasteiger partial charge on any atom is 0.191 e. The number of guanidine groups is 1. The second-order valence-electron chi connectivity index (χ2n) is 6.02. The Balaban J connectivity index is 0.00000288. The molecule has 6 nitrogen and oxygen atoms in total. The minimum absolute atomic E-state index is 0. The second kappa shape index (κ2) is 11.1. The number of hydrogen-bond donors (Lipinski definition) is 2. The molecule has 0 aromatic carbocycles. The molecular weight excluding hydrogens is 439 g/mol. The molecule has 1 aromatic heterocycles. The summed E-state index contributed by atoms with van der Waals surface area (Å²) >= 11 is 5.79. The highest BCUT2D eigenvalue weighted by Gasteiger charge is 2.21. The van der Waals surface area contributed by atoms with Crippen molar-refractivity contribution in [3.05, 3.63) is 29.0 Å². The smallest absolute Gasteiger partial charge is 0.191 e. The lowest BCUT2D eigenvalue weighted by Gasteiger charge is -2.37. The van der Waals surface area contributed by atoms with E-state index in [0.717, 1.165) is 50.7 Å². The van der Waals surface area contributed by atoms with Crippen molar-refractivity contribution in [1.82, 2.24) is 25.4 Å². The van der Waals surface area contributed by atoms with Gasteiger partial charge in [0.25, 0.3) is 0 Å². The quantitative estimate of drug-likeness (QED) is 0.297. The van der Waals surface area contributed by atoms with Crippen LogP contribution in [-0.4, -0.2) is 80.7 Å². The molecule has 0 aliphatic carbocycles. The number of pyridine rings is 1. The summed E-state index contributed by atoms with van der Waals surface area (Å²) in [5, 5.41) is 7.29. The van der Waals surface area contributed by atoms with Gasteiger partial charge in [-0.2, -0.15) is 0 Å². The molecule has 1 atom stereocenters. The van der Waals surface area contributed by atoms with Gasteiger partial charge in [-0.3, -0.25) is 9.89 Å². The lowest BCUT2D eigenvalue weighted by Crippen LogP contribution is -2.55. The highest BCUT2D eigenvalue weighted by Crippen LogP contribution is 2.06. The summed E-state index contributed by atoms with van der Waals surface area (Å²) in [5.41, 5.74) is 1.16. The number of nitrogens with one attached hydrogen (secondary N) is 2. The summed E-state index contributed by atoms with van der Waals surface area (Å²) in [6.07, 6.45) is 2.70. The molecule has 0 spiro atoms. The van der Waals surface area contributed by atoms with Crippen molar-refractivity contribution in [2.24, 2.45) is 4.99 Å². The molecule has 1 aliphatic rings. The SMILES string of the molecule is CN=C(NCCc1ccc(Cl)nc1)NCC1CN(C)CCN1C.I. The van der Waals surface area contributed by atoms with Gasteiger partial charge in [-0.15, -0.1) is 24.0 Å². The Labute approximate surface area is 167 Å². The Kier molecular flexibility index (Phi) is 9.87. The number of aromatic nitrogens is 1. The normalized spacial score (nSPS) is 19.7. The topological polar surface area (TPSA) is 55.8 Å². The van der Waals surface area contributed by atoms with Crippen molar-refractivity contribution >= 4 is 41.5 Å². The monoisotopic (exact) mass is 466 g/mol. The lowest BCUT2D eigenvalue weighted by atomic mass is 10.2. The summed E-state index contributed by atoms with van der Waals surface area (Å²) < 4.78 is 0. The fraction of sp³-hybridized carbons (Fsp3) is 0.625. The van der Waals surface area contributed by atoms with Crippen molar-refractivity contribution in [3.63, 3.8) is 0 Å². The third kappa shape index (κ3) is 7.08. The Bertz CT molecular complexity index is 510. The number of nitrogens with zero attached hydrogens (tertiary/aromatic N) is 4. The van der Waals surface area contributed by atoms with Gasteiger partial charge >= 0.3 is 0 Å². The van der Waals surface area contributed by atoms with E-state index in [1.165, 1.54) is 0 Å². The number of likely N-dealkylation sites (N-methyl/N-ethyl adjacent to an activating group) is 2. The molecule has 1 saturated heterocycles. The van der Waals surface area contributed by atoms with E-state index in [2.05, 4.69) is 44.5 Å². The summed E-state index contributed by atoms with van der Waals surface area (Å²) in [7, 11) is 6.16. The Morgan fingerprint density at radius 3 is 2.79 bits per heavy atom. The lowest BCUT2D eigenvalue weighted by molar-refractivity contribution is 0.116. The Morgan fingerprint density at radius 2 is 2.12 bits per heavy atom. The number of hydrogen-bond acceptors (Lipinski definition) is 4. The molecular formula is C16H28ClIN6. The van der Waals surface area contributed by atoms with Crippen LogP contribution in [0.3, 0.4) is 0 Å². The average Bonchev–Trinajstić information content (AvgIpc) is 2.55. The summed E-state index contributed by atoms with van der Waals surface area (Å²) in [4.78, 5) is 13.2. The van der Waals surface area contributed by atoms with E-state index in [0.29, 0.717) is 11.2 Å². The van der Waals surface area contributed by atoms with Gasteiger partial charge in [0, 0.05) is 52.0 Å². The van der Waals surface area contributed by atoms with Crippen LogP contribution in [0.5, 0.6) is 0 Å². The zero-order chi connectivity index (χ0) is 16.7. The summed E-state index contributed by atoms with van der Waals surface area (Å²) in [6, 6.07) is 4.33. The Morgan fingerprint density at radius 1 is 1.33 bits per heavy atom. The molecule has 1 aromatic rings. The molecule has 24 heavy (non-hydrogen) atoms. The van der Waals surface area contributed by atoms with E-state index >= 15 is 0 Å². The molecule has 0 amide bonds. The molecule has 8 heteroatoms. The first kappa shape index (κ1) is 21.4. The first-order valence-electron chi connectivity index (χ1n) is 8.02. The van der Waals surface area contributed by atoms with E-state index in [-0.39, 0.29) is 24.0 Å². The average molecular weight is 467 g/mol. The van der Waals surface area contributed by atoms with Crippen LogP contribution in [0.1, 0.15) is 5.56 Å². The molecule has 2 rings (SSSR count). The van der Waals surface area contributed by atoms with Crippen molar-refractivity contribution in [2.75, 3.05) is 53.9 Å². The maximum atomic E-state index is 5.79. The highest BCUT2D eigenvalue weighted by atomic mass is 127. The van der Waals surface area contributed by atoms with Crippen LogP contribution in [0.2, 0.25) is 5.15 Å². The molecule has 0 radical (unpaired) electrons. The van der Waals surface area contributed by atoms with Crippen molar-refractivity contribution < 1.29 is 0 Å². The summed E-state index contributed by atoms with van der Waals surface area (Å²) in [6.45, 7) is 5.02. The predicted molar refractivity (Wildman–Crippen MR) is 112 cm³/mol. The van der Waals surface area contributed by atoms with Gasteiger partial charge in [0.2, 0.25) is 0 Å². The predicted octanol–water partition coefficient (Wildman–Crippen LogP) is 1.31. The van der Waals surface area contributed by atoms with E-state index in [9.17, 15) is 0 Å². The fourth-order valence-electron chi connectivity index (χ4n) is 2.64. The van der Waals surface area contributed by atoms with Crippen molar-refractivity contribution in [3.8, 4) is 0 Å². The molecule has 2 N–H and O–H groups in total. The molecule has 0 bridgehead atoms.